The van der Waals surface area contributed by atoms with Crippen molar-refractivity contribution < 1.29 is 14.2 Å². The molecular weight excluding hydrogens is 404 g/mol. The first-order valence-corrected chi connectivity index (χ1v) is 11.7. The molecule has 0 bridgehead atoms. The van der Waals surface area contributed by atoms with Gasteiger partial charge in [0.2, 0.25) is 0 Å². The van der Waals surface area contributed by atoms with Crippen molar-refractivity contribution in [3.05, 3.63) is 102 Å². The van der Waals surface area contributed by atoms with Gasteiger partial charge in [0, 0.05) is 11.3 Å². The number of rotatable bonds is 8. The summed E-state index contributed by atoms with van der Waals surface area (Å²) in [7, 11) is 0. The molecule has 0 radical (unpaired) electrons. The molecule has 4 rings (SSSR count). The molecule has 0 amide bonds. The van der Waals surface area contributed by atoms with Crippen molar-refractivity contribution in [3.8, 4) is 0 Å². The average molecular weight is 435 g/mol. The first-order chi connectivity index (χ1) is 15.1. The van der Waals surface area contributed by atoms with Crippen LogP contribution in [0.15, 0.2) is 95.9 Å². The minimum absolute atomic E-state index is 0.00903. The fourth-order valence-electron chi connectivity index (χ4n) is 4.06. The highest BCUT2D eigenvalue weighted by Gasteiger charge is 2.47. The van der Waals surface area contributed by atoms with Crippen molar-refractivity contribution in [3.63, 3.8) is 0 Å². The molecule has 0 aromatic heterocycles. The van der Waals surface area contributed by atoms with E-state index >= 15 is 0 Å². The molecule has 4 heteroatoms. The van der Waals surface area contributed by atoms with Gasteiger partial charge < -0.3 is 14.2 Å². The van der Waals surface area contributed by atoms with E-state index in [1.54, 1.807) is 11.8 Å². The maximum atomic E-state index is 6.58. The van der Waals surface area contributed by atoms with Crippen molar-refractivity contribution in [1.29, 1.82) is 0 Å². The molecule has 162 valence electrons. The van der Waals surface area contributed by atoms with Gasteiger partial charge in [-0.3, -0.25) is 0 Å². The van der Waals surface area contributed by atoms with Gasteiger partial charge >= 0.3 is 0 Å². The maximum Gasteiger partial charge on any atom is 0.113 e. The number of benzene rings is 3. The summed E-state index contributed by atoms with van der Waals surface area (Å²) in [5.74, 6) is 0. The average Bonchev–Trinajstić information content (AvgIpc) is 2.79. The molecule has 1 aliphatic rings. The summed E-state index contributed by atoms with van der Waals surface area (Å²) in [6.45, 7) is 5.36. The molecule has 1 aliphatic heterocycles. The van der Waals surface area contributed by atoms with Gasteiger partial charge in [-0.25, -0.2) is 0 Å². The van der Waals surface area contributed by atoms with Gasteiger partial charge in [-0.2, -0.15) is 0 Å². The van der Waals surface area contributed by atoms with Crippen LogP contribution in [-0.4, -0.2) is 23.2 Å². The van der Waals surface area contributed by atoms with Gasteiger partial charge in [0.1, 0.15) is 11.5 Å². The molecule has 3 aromatic rings. The van der Waals surface area contributed by atoms with Crippen LogP contribution in [0.4, 0.5) is 0 Å². The second-order valence-electron chi connectivity index (χ2n) is 8.21. The number of hydrogen-bond acceptors (Lipinski definition) is 4. The first-order valence-electron chi connectivity index (χ1n) is 10.8. The topological polar surface area (TPSA) is 27.7 Å². The quantitative estimate of drug-likeness (QED) is 0.406. The molecule has 3 nitrogen and oxygen atoms in total. The Morgan fingerprint density at radius 3 is 2.00 bits per heavy atom. The molecule has 0 saturated carbocycles. The molecule has 3 aromatic carbocycles. The Morgan fingerprint density at radius 1 is 0.839 bits per heavy atom. The zero-order valence-corrected chi connectivity index (χ0v) is 19.0. The predicted molar refractivity (Wildman–Crippen MR) is 126 cm³/mol. The Balaban J connectivity index is 1.50. The van der Waals surface area contributed by atoms with Crippen LogP contribution in [0.3, 0.4) is 0 Å². The van der Waals surface area contributed by atoms with Crippen LogP contribution in [0, 0.1) is 0 Å². The van der Waals surface area contributed by atoms with Gasteiger partial charge in [-0.1, -0.05) is 90.6 Å². The molecule has 1 saturated heterocycles. The van der Waals surface area contributed by atoms with E-state index in [1.807, 2.05) is 42.5 Å². The normalized spacial score (nSPS) is 25.9. The van der Waals surface area contributed by atoms with E-state index in [4.69, 9.17) is 14.2 Å². The van der Waals surface area contributed by atoms with E-state index in [0.717, 1.165) is 17.5 Å². The Bertz CT molecular complexity index is 919. The summed E-state index contributed by atoms with van der Waals surface area (Å²) in [5, 5.41) is 0. The van der Waals surface area contributed by atoms with Crippen molar-refractivity contribution in [2.24, 2.45) is 0 Å². The van der Waals surface area contributed by atoms with Crippen molar-refractivity contribution in [2.75, 3.05) is 0 Å². The van der Waals surface area contributed by atoms with Crippen molar-refractivity contribution >= 4 is 11.8 Å². The van der Waals surface area contributed by atoms with E-state index in [9.17, 15) is 0 Å². The molecule has 1 unspecified atom stereocenters. The third kappa shape index (κ3) is 5.98. The monoisotopic (exact) mass is 434 g/mol. The predicted octanol–water partition coefficient (Wildman–Crippen LogP) is 6.47. The molecule has 1 heterocycles. The zero-order chi connectivity index (χ0) is 21.5. The molecule has 1 fully saturated rings. The largest absolute Gasteiger partial charge is 0.368 e. The summed E-state index contributed by atoms with van der Waals surface area (Å²) >= 11 is 1.75. The van der Waals surface area contributed by atoms with Crippen LogP contribution in [-0.2, 0) is 27.4 Å². The molecule has 4 atom stereocenters. The third-order valence-electron chi connectivity index (χ3n) is 5.66. The first kappa shape index (κ1) is 22.1. The van der Waals surface area contributed by atoms with Crippen LogP contribution >= 0.6 is 11.8 Å². The van der Waals surface area contributed by atoms with Crippen LogP contribution in [0.25, 0.3) is 0 Å². The lowest BCUT2D eigenvalue weighted by atomic mass is 9.88. The highest BCUT2D eigenvalue weighted by molar-refractivity contribution is 7.99. The van der Waals surface area contributed by atoms with E-state index in [-0.39, 0.29) is 17.6 Å². The number of ether oxygens (including phenoxy) is 3. The molecule has 31 heavy (non-hydrogen) atoms. The van der Waals surface area contributed by atoms with E-state index in [1.165, 1.54) is 4.90 Å². The fraction of sp³-hybridized carbons (Fsp3) is 0.333. The van der Waals surface area contributed by atoms with Gasteiger partial charge in [0.15, 0.2) is 0 Å². The second-order valence-corrected chi connectivity index (χ2v) is 9.44. The molecular formula is C27H30O3S. The number of hydrogen-bond donors (Lipinski definition) is 0. The second kappa shape index (κ2) is 10.5. The van der Waals surface area contributed by atoms with Gasteiger partial charge in [-0.05, 0) is 37.1 Å². The summed E-state index contributed by atoms with van der Waals surface area (Å²) in [5.41, 5.74) is 1.86. The summed E-state index contributed by atoms with van der Waals surface area (Å²) in [6.07, 6.45) is 0.506. The van der Waals surface area contributed by atoms with Crippen LogP contribution in [0.2, 0.25) is 0 Å². The summed E-state index contributed by atoms with van der Waals surface area (Å²) in [6, 6.07) is 31.0. The highest BCUT2D eigenvalue weighted by Crippen LogP contribution is 2.41. The SMILES string of the molecule is C[C@@H]1OC(Sc2ccccc2)C[C@@](C)(OCc2ccccc2)[C@@H]1OCc1ccccc1. The van der Waals surface area contributed by atoms with Crippen LogP contribution in [0.5, 0.6) is 0 Å². The lowest BCUT2D eigenvalue weighted by Gasteiger charge is -2.47. The third-order valence-corrected chi connectivity index (χ3v) is 6.75. The number of thioether (sulfide) groups is 1. The lowest BCUT2D eigenvalue weighted by Crippen LogP contribution is -2.56. The van der Waals surface area contributed by atoms with Crippen LogP contribution in [0.1, 0.15) is 31.4 Å². The fourth-order valence-corrected chi connectivity index (χ4v) is 5.32. The summed E-state index contributed by atoms with van der Waals surface area (Å²) in [4.78, 5) is 1.20. The minimum Gasteiger partial charge on any atom is -0.368 e. The molecule has 0 aliphatic carbocycles. The molecule has 0 N–H and O–H groups in total. The van der Waals surface area contributed by atoms with Gasteiger partial charge in [0.05, 0.1) is 24.9 Å². The van der Waals surface area contributed by atoms with Crippen molar-refractivity contribution in [1.82, 2.24) is 0 Å². The smallest absolute Gasteiger partial charge is 0.113 e. The lowest BCUT2D eigenvalue weighted by molar-refractivity contribution is -0.231. The van der Waals surface area contributed by atoms with E-state index in [0.29, 0.717) is 13.2 Å². The molecule has 0 spiro atoms. The van der Waals surface area contributed by atoms with Gasteiger partial charge in [-0.15, -0.1) is 0 Å². The summed E-state index contributed by atoms with van der Waals surface area (Å²) < 4.78 is 19.4. The maximum absolute atomic E-state index is 6.58. The van der Waals surface area contributed by atoms with Crippen LogP contribution < -0.4 is 0 Å². The van der Waals surface area contributed by atoms with E-state index < -0.39 is 5.60 Å². The van der Waals surface area contributed by atoms with Crippen molar-refractivity contribution in [2.45, 2.75) is 61.6 Å². The standard InChI is InChI=1S/C27H30O3S/c1-21-26(28-19-22-12-6-3-7-13-22)27(2,29-20-23-14-8-4-9-15-23)18-25(30-21)31-24-16-10-5-11-17-24/h3-17,21,25-26H,18-20H2,1-2H3/t21-,25?,26+,27+/m0/s1. The zero-order valence-electron chi connectivity index (χ0n) is 18.1. The Labute approximate surface area is 189 Å². The highest BCUT2D eigenvalue weighted by atomic mass is 32.2. The Kier molecular flexibility index (Phi) is 7.46. The Hall–Kier alpha value is -2.11. The Morgan fingerprint density at radius 2 is 1.39 bits per heavy atom. The van der Waals surface area contributed by atoms with E-state index in [2.05, 4.69) is 62.4 Å². The minimum atomic E-state index is -0.464. The van der Waals surface area contributed by atoms with Gasteiger partial charge in [0.25, 0.3) is 0 Å².